The van der Waals surface area contributed by atoms with Crippen LogP contribution in [0.5, 0.6) is 0 Å². The van der Waals surface area contributed by atoms with Gasteiger partial charge in [0.15, 0.2) is 5.11 Å². The second-order valence-corrected chi connectivity index (χ2v) is 13.1. The average molecular weight is 618 g/mol. The molecule has 0 spiro atoms. The summed E-state index contributed by atoms with van der Waals surface area (Å²) in [7, 11) is 0. The molecule has 2 aromatic carbocycles. The van der Waals surface area contributed by atoms with Gasteiger partial charge in [-0.1, -0.05) is 74.0 Å². The Morgan fingerprint density at radius 1 is 0.721 bits per heavy atom. The zero-order valence-electron chi connectivity index (χ0n) is 25.1. The Morgan fingerprint density at radius 2 is 1.35 bits per heavy atom. The number of piperazine rings is 1. The quantitative estimate of drug-likeness (QED) is 0.274. The lowest BCUT2D eigenvalue weighted by Gasteiger charge is -2.38. The normalized spacial score (nSPS) is 19.0. The van der Waals surface area contributed by atoms with E-state index in [4.69, 9.17) is 33.8 Å². The highest BCUT2D eigenvalue weighted by Gasteiger charge is 2.34. The van der Waals surface area contributed by atoms with Gasteiger partial charge in [-0.3, -0.25) is 0 Å². The van der Waals surface area contributed by atoms with E-state index in [-0.39, 0.29) is 5.41 Å². The molecule has 228 valence electrons. The zero-order chi connectivity index (χ0) is 29.5. The molecule has 2 saturated heterocycles. The molecule has 2 N–H and O–H groups in total. The SMILES string of the molecule is S=C(NCC1(c2cccc(Cl)c2)CCCCC1)Nc1nc(N2CCCCCC2)cc(N2CCN(c3ccccc3)CC2)n1. The van der Waals surface area contributed by atoms with Crippen LogP contribution in [0, 0.1) is 0 Å². The van der Waals surface area contributed by atoms with Crippen molar-refractivity contribution in [2.75, 3.05) is 65.8 Å². The van der Waals surface area contributed by atoms with E-state index in [9.17, 15) is 0 Å². The lowest BCUT2D eigenvalue weighted by atomic mass is 9.69. The lowest BCUT2D eigenvalue weighted by molar-refractivity contribution is 0.292. The molecule has 0 bridgehead atoms. The maximum absolute atomic E-state index is 6.42. The third-order valence-corrected chi connectivity index (χ3v) is 9.90. The molecule has 3 aromatic rings. The lowest BCUT2D eigenvalue weighted by Crippen LogP contribution is -2.47. The first-order chi connectivity index (χ1) is 21.1. The summed E-state index contributed by atoms with van der Waals surface area (Å²) in [6.45, 7) is 6.57. The van der Waals surface area contributed by atoms with Crippen molar-refractivity contribution in [1.29, 1.82) is 0 Å². The van der Waals surface area contributed by atoms with Gasteiger partial charge in [0.2, 0.25) is 5.95 Å². The highest BCUT2D eigenvalue weighted by molar-refractivity contribution is 7.80. The number of benzene rings is 2. The van der Waals surface area contributed by atoms with Crippen molar-refractivity contribution in [3.05, 3.63) is 71.2 Å². The van der Waals surface area contributed by atoms with Crippen molar-refractivity contribution in [2.24, 2.45) is 0 Å². The predicted octanol–water partition coefficient (Wildman–Crippen LogP) is 7.03. The summed E-state index contributed by atoms with van der Waals surface area (Å²) >= 11 is 12.3. The Labute approximate surface area is 267 Å². The van der Waals surface area contributed by atoms with Gasteiger partial charge in [-0.15, -0.1) is 0 Å². The number of rotatable bonds is 7. The molecule has 43 heavy (non-hydrogen) atoms. The fourth-order valence-corrected chi connectivity index (χ4v) is 7.30. The van der Waals surface area contributed by atoms with Crippen molar-refractivity contribution < 1.29 is 0 Å². The first kappa shape index (κ1) is 29.9. The minimum atomic E-state index is 0.0211. The number of halogens is 1. The molecular formula is C34H44ClN7S. The first-order valence-corrected chi connectivity index (χ1v) is 16.9. The van der Waals surface area contributed by atoms with Crippen LogP contribution in [0.1, 0.15) is 63.4 Å². The summed E-state index contributed by atoms with van der Waals surface area (Å²) < 4.78 is 0. The Kier molecular flexibility index (Phi) is 9.84. The molecule has 9 heteroatoms. The number of nitrogens with zero attached hydrogens (tertiary/aromatic N) is 5. The number of hydrogen-bond acceptors (Lipinski definition) is 6. The number of nitrogens with one attached hydrogen (secondary N) is 2. The van der Waals surface area contributed by atoms with Crippen LogP contribution < -0.4 is 25.3 Å². The molecule has 7 nitrogen and oxygen atoms in total. The van der Waals surface area contributed by atoms with Gasteiger partial charge in [-0.05, 0) is 67.7 Å². The second kappa shape index (κ2) is 14.1. The largest absolute Gasteiger partial charge is 0.368 e. The molecule has 3 aliphatic rings. The molecule has 1 saturated carbocycles. The van der Waals surface area contributed by atoms with E-state index in [0.717, 1.165) is 75.3 Å². The van der Waals surface area contributed by atoms with E-state index < -0.39 is 0 Å². The summed E-state index contributed by atoms with van der Waals surface area (Å²) in [5.41, 5.74) is 2.60. The van der Waals surface area contributed by atoms with E-state index in [1.807, 2.05) is 6.07 Å². The fourth-order valence-electron chi connectivity index (χ4n) is 6.94. The minimum Gasteiger partial charge on any atom is -0.368 e. The van der Waals surface area contributed by atoms with E-state index in [0.29, 0.717) is 11.1 Å². The topological polar surface area (TPSA) is 59.6 Å². The van der Waals surface area contributed by atoms with Gasteiger partial charge in [0, 0.05) is 68.0 Å². The molecule has 1 aliphatic carbocycles. The Morgan fingerprint density at radius 3 is 2.02 bits per heavy atom. The predicted molar refractivity (Wildman–Crippen MR) is 184 cm³/mol. The first-order valence-electron chi connectivity index (χ1n) is 16.1. The van der Waals surface area contributed by atoms with Crippen molar-refractivity contribution in [3.8, 4) is 0 Å². The van der Waals surface area contributed by atoms with Gasteiger partial charge in [-0.2, -0.15) is 9.97 Å². The van der Waals surface area contributed by atoms with Crippen LogP contribution in [0.2, 0.25) is 5.02 Å². The van der Waals surface area contributed by atoms with Gasteiger partial charge in [0.1, 0.15) is 11.6 Å². The number of hydrogen-bond donors (Lipinski definition) is 2. The smallest absolute Gasteiger partial charge is 0.232 e. The molecule has 2 aliphatic heterocycles. The molecule has 0 amide bonds. The van der Waals surface area contributed by atoms with Crippen LogP contribution in [0.25, 0.3) is 0 Å². The molecule has 1 aromatic heterocycles. The molecule has 0 radical (unpaired) electrons. The van der Waals surface area contributed by atoms with Crippen molar-refractivity contribution in [2.45, 2.75) is 63.2 Å². The van der Waals surface area contributed by atoms with E-state index in [1.165, 1.54) is 56.2 Å². The van der Waals surface area contributed by atoms with Crippen molar-refractivity contribution in [1.82, 2.24) is 15.3 Å². The molecule has 0 unspecified atom stereocenters. The summed E-state index contributed by atoms with van der Waals surface area (Å²) in [6.07, 6.45) is 10.9. The van der Waals surface area contributed by atoms with Gasteiger partial charge in [0.05, 0.1) is 0 Å². The summed E-state index contributed by atoms with van der Waals surface area (Å²) in [4.78, 5) is 17.3. The van der Waals surface area contributed by atoms with Crippen LogP contribution in [0.3, 0.4) is 0 Å². The number of aromatic nitrogens is 2. The van der Waals surface area contributed by atoms with Crippen LogP contribution >= 0.6 is 23.8 Å². The Bertz CT molecular complexity index is 1350. The van der Waals surface area contributed by atoms with E-state index in [1.54, 1.807) is 0 Å². The van der Waals surface area contributed by atoms with Gasteiger partial charge in [0.25, 0.3) is 0 Å². The van der Waals surface area contributed by atoms with Crippen LogP contribution in [-0.2, 0) is 5.41 Å². The maximum Gasteiger partial charge on any atom is 0.232 e. The minimum absolute atomic E-state index is 0.0211. The summed E-state index contributed by atoms with van der Waals surface area (Å²) in [5, 5.41) is 8.29. The molecule has 6 rings (SSSR count). The zero-order valence-corrected chi connectivity index (χ0v) is 26.7. The third-order valence-electron chi connectivity index (χ3n) is 9.41. The Balaban J connectivity index is 1.18. The number of para-hydroxylation sites is 1. The van der Waals surface area contributed by atoms with Crippen molar-refractivity contribution in [3.63, 3.8) is 0 Å². The van der Waals surface area contributed by atoms with Crippen LogP contribution in [0.15, 0.2) is 60.7 Å². The van der Waals surface area contributed by atoms with Gasteiger partial charge in [-0.25, -0.2) is 0 Å². The van der Waals surface area contributed by atoms with Gasteiger partial charge >= 0.3 is 0 Å². The van der Waals surface area contributed by atoms with E-state index in [2.05, 4.69) is 79.9 Å². The molecule has 0 atom stereocenters. The summed E-state index contributed by atoms with van der Waals surface area (Å²) in [6, 6.07) is 21.2. The number of thiocarbonyl (C=S) groups is 1. The third kappa shape index (κ3) is 7.52. The maximum atomic E-state index is 6.42. The standard InChI is InChI=1S/C34H44ClN7S/c35-28-13-11-12-27(24-28)34(16-7-4-8-17-34)26-36-33(43)39-32-37-30(41-18-9-1-2-10-19-41)25-31(38-32)42-22-20-40(21-23-42)29-14-5-3-6-15-29/h3,5-6,11-15,24-25H,1-2,4,7-10,16-23,26H2,(H2,36,37,38,39,43). The van der Waals surface area contributed by atoms with E-state index >= 15 is 0 Å². The summed E-state index contributed by atoms with van der Waals surface area (Å²) in [5.74, 6) is 2.53. The molecule has 3 fully saturated rings. The molecular weight excluding hydrogens is 574 g/mol. The van der Waals surface area contributed by atoms with Crippen LogP contribution in [0.4, 0.5) is 23.3 Å². The van der Waals surface area contributed by atoms with Crippen LogP contribution in [-0.4, -0.2) is 60.9 Å². The molecule has 3 heterocycles. The highest BCUT2D eigenvalue weighted by atomic mass is 35.5. The van der Waals surface area contributed by atoms with Gasteiger partial charge < -0.3 is 25.3 Å². The fraction of sp³-hybridized carbons (Fsp3) is 0.500. The Hall–Kier alpha value is -3.10. The second-order valence-electron chi connectivity index (χ2n) is 12.3. The van der Waals surface area contributed by atoms with Crippen molar-refractivity contribution >= 4 is 52.2 Å². The average Bonchev–Trinajstić information content (AvgIpc) is 3.35. The number of anilines is 4. The monoisotopic (exact) mass is 617 g/mol. The highest BCUT2D eigenvalue weighted by Crippen LogP contribution is 2.40.